The van der Waals surface area contributed by atoms with E-state index in [0.717, 1.165) is 54.3 Å². The number of methoxy groups -OCH3 is 1. The quantitative estimate of drug-likeness (QED) is 0.372. The number of aromatic nitrogens is 5. The van der Waals surface area contributed by atoms with Crippen molar-refractivity contribution in [2.75, 3.05) is 19.5 Å². The van der Waals surface area contributed by atoms with E-state index >= 15 is 0 Å². The first kappa shape index (κ1) is 21.6. The van der Waals surface area contributed by atoms with Crippen LogP contribution in [0.4, 0.5) is 0 Å². The van der Waals surface area contributed by atoms with Gasteiger partial charge >= 0.3 is 0 Å². The lowest BCUT2D eigenvalue weighted by molar-refractivity contribution is 0.0957. The highest BCUT2D eigenvalue weighted by atomic mass is 32.2. The van der Waals surface area contributed by atoms with Crippen molar-refractivity contribution in [2.24, 2.45) is 0 Å². The molecular weight excluding hydrogens is 414 g/mol. The van der Waals surface area contributed by atoms with E-state index in [0.29, 0.717) is 11.7 Å². The Kier molecular flexibility index (Phi) is 6.72. The molecular formula is C22H27N5O3S. The second-order valence-electron chi connectivity index (χ2n) is 7.71. The fourth-order valence-corrected chi connectivity index (χ4v) is 4.63. The van der Waals surface area contributed by atoms with Crippen LogP contribution in [0.25, 0.3) is 0 Å². The van der Waals surface area contributed by atoms with Crippen LogP contribution < -0.4 is 4.74 Å². The number of aryl methyl sites for hydroxylation is 1. The number of tetrazole rings is 1. The molecule has 3 heterocycles. The standard InChI is InChI=1S/C22H27N5O3S/c1-15-11-20(16(2)26(15)13-19-5-4-10-30-19)21(28)14-31-22-23-24-25-27(22)12-17-6-8-18(29-3)9-7-17/h6-9,11,19H,4-5,10,12-14H2,1-3H3/t19-/m0/s1. The van der Waals surface area contributed by atoms with Gasteiger partial charge in [-0.15, -0.1) is 5.10 Å². The molecule has 1 aromatic carbocycles. The van der Waals surface area contributed by atoms with Crippen molar-refractivity contribution in [2.45, 2.75) is 51.0 Å². The normalized spacial score (nSPS) is 16.0. The molecule has 9 heteroatoms. The van der Waals surface area contributed by atoms with Crippen LogP contribution >= 0.6 is 11.8 Å². The number of hydrogen-bond acceptors (Lipinski definition) is 7. The highest BCUT2D eigenvalue weighted by Gasteiger charge is 2.21. The minimum atomic E-state index is 0.0793. The van der Waals surface area contributed by atoms with Crippen LogP contribution in [0, 0.1) is 13.8 Å². The van der Waals surface area contributed by atoms with E-state index in [2.05, 4.69) is 20.1 Å². The van der Waals surface area contributed by atoms with E-state index < -0.39 is 0 Å². The highest BCUT2D eigenvalue weighted by molar-refractivity contribution is 7.99. The van der Waals surface area contributed by atoms with Crippen LogP contribution in [0.3, 0.4) is 0 Å². The molecule has 1 atom stereocenters. The summed E-state index contributed by atoms with van der Waals surface area (Å²) < 4.78 is 14.9. The molecule has 3 aromatic rings. The molecule has 31 heavy (non-hydrogen) atoms. The zero-order valence-electron chi connectivity index (χ0n) is 18.1. The largest absolute Gasteiger partial charge is 0.497 e. The molecule has 0 radical (unpaired) electrons. The van der Waals surface area contributed by atoms with Crippen LogP contribution in [0.5, 0.6) is 5.75 Å². The van der Waals surface area contributed by atoms with Gasteiger partial charge in [-0.05, 0) is 60.9 Å². The summed E-state index contributed by atoms with van der Waals surface area (Å²) in [6.45, 7) is 6.22. The summed E-state index contributed by atoms with van der Waals surface area (Å²) in [7, 11) is 1.64. The smallest absolute Gasteiger partial charge is 0.210 e. The zero-order chi connectivity index (χ0) is 21.8. The molecule has 4 rings (SSSR count). The predicted octanol–water partition coefficient (Wildman–Crippen LogP) is 3.30. The lowest BCUT2D eigenvalue weighted by Gasteiger charge is -2.14. The number of carbonyl (C=O) groups is 1. The van der Waals surface area contributed by atoms with Crippen molar-refractivity contribution in [3.63, 3.8) is 0 Å². The molecule has 8 nitrogen and oxygen atoms in total. The predicted molar refractivity (Wildman–Crippen MR) is 118 cm³/mol. The second kappa shape index (κ2) is 9.65. The van der Waals surface area contributed by atoms with Crippen LogP contribution in [0.2, 0.25) is 0 Å². The lowest BCUT2D eigenvalue weighted by atomic mass is 10.2. The van der Waals surface area contributed by atoms with Crippen molar-refractivity contribution in [1.29, 1.82) is 0 Å². The van der Waals surface area contributed by atoms with Gasteiger partial charge in [0.1, 0.15) is 5.75 Å². The molecule has 1 fully saturated rings. The summed E-state index contributed by atoms with van der Waals surface area (Å²) in [4.78, 5) is 12.9. The lowest BCUT2D eigenvalue weighted by Crippen LogP contribution is -2.17. The number of rotatable bonds is 9. The van der Waals surface area contributed by atoms with E-state index in [1.807, 2.05) is 44.2 Å². The molecule has 0 spiro atoms. The molecule has 1 saturated heterocycles. The third-order valence-electron chi connectivity index (χ3n) is 5.61. The molecule has 0 unspecified atom stereocenters. The van der Waals surface area contributed by atoms with Crippen molar-refractivity contribution < 1.29 is 14.3 Å². The topological polar surface area (TPSA) is 84.1 Å². The number of nitrogens with zero attached hydrogens (tertiary/aromatic N) is 5. The molecule has 0 amide bonds. The summed E-state index contributed by atoms with van der Waals surface area (Å²) >= 11 is 1.36. The monoisotopic (exact) mass is 441 g/mol. The maximum absolute atomic E-state index is 12.9. The van der Waals surface area contributed by atoms with Gasteiger partial charge < -0.3 is 14.0 Å². The molecule has 2 aromatic heterocycles. The molecule has 0 aliphatic carbocycles. The van der Waals surface area contributed by atoms with Gasteiger partial charge in [-0.3, -0.25) is 4.79 Å². The van der Waals surface area contributed by atoms with Crippen molar-refractivity contribution in [3.05, 3.63) is 52.8 Å². The Hall–Kier alpha value is -2.65. The Morgan fingerprint density at radius 1 is 1.29 bits per heavy atom. The number of hydrogen-bond donors (Lipinski definition) is 0. The van der Waals surface area contributed by atoms with E-state index in [1.54, 1.807) is 11.8 Å². The van der Waals surface area contributed by atoms with Gasteiger partial charge in [0.05, 0.1) is 25.5 Å². The van der Waals surface area contributed by atoms with E-state index in [9.17, 15) is 4.79 Å². The van der Waals surface area contributed by atoms with Gasteiger partial charge in [0.15, 0.2) is 5.78 Å². The van der Waals surface area contributed by atoms with E-state index in [4.69, 9.17) is 9.47 Å². The molecule has 164 valence electrons. The minimum Gasteiger partial charge on any atom is -0.497 e. The first-order valence-corrected chi connectivity index (χ1v) is 11.4. The molecule has 1 aliphatic rings. The number of Topliss-reactive ketones (excluding diaryl/α,β-unsaturated/α-hetero) is 1. The highest BCUT2D eigenvalue weighted by Crippen LogP contribution is 2.23. The average Bonchev–Trinajstić information content (AvgIpc) is 3.51. The Bertz CT molecular complexity index is 1040. The van der Waals surface area contributed by atoms with Gasteiger partial charge in [-0.2, -0.15) is 0 Å². The number of ether oxygens (including phenoxy) is 2. The van der Waals surface area contributed by atoms with Crippen LogP contribution in [-0.4, -0.2) is 56.1 Å². The number of thioether (sulfide) groups is 1. The Labute approximate surface area is 185 Å². The fourth-order valence-electron chi connectivity index (χ4n) is 3.87. The summed E-state index contributed by atoms with van der Waals surface area (Å²) in [5, 5.41) is 12.6. The van der Waals surface area contributed by atoms with Crippen LogP contribution in [0.15, 0.2) is 35.5 Å². The second-order valence-corrected chi connectivity index (χ2v) is 8.65. The zero-order valence-corrected chi connectivity index (χ0v) is 18.9. The summed E-state index contributed by atoms with van der Waals surface area (Å²) in [5.41, 5.74) is 3.90. The SMILES string of the molecule is COc1ccc(Cn2nnnc2SCC(=O)c2cc(C)n(C[C@@H]3CCCO3)c2C)cc1. The third-order valence-corrected chi connectivity index (χ3v) is 6.56. The molecule has 0 saturated carbocycles. The van der Waals surface area contributed by atoms with Gasteiger partial charge in [0, 0.05) is 30.1 Å². The van der Waals surface area contributed by atoms with Gasteiger partial charge in [0.2, 0.25) is 5.16 Å². The minimum absolute atomic E-state index is 0.0793. The van der Waals surface area contributed by atoms with Gasteiger partial charge in [0.25, 0.3) is 0 Å². The Balaban J connectivity index is 1.39. The van der Waals surface area contributed by atoms with E-state index in [-0.39, 0.29) is 17.6 Å². The summed E-state index contributed by atoms with van der Waals surface area (Å²) in [6, 6.07) is 9.74. The number of carbonyl (C=O) groups excluding carboxylic acids is 1. The van der Waals surface area contributed by atoms with Crippen LogP contribution in [-0.2, 0) is 17.8 Å². The summed E-state index contributed by atoms with van der Waals surface area (Å²) in [5.74, 6) is 1.17. The fraction of sp³-hybridized carbons (Fsp3) is 0.455. The number of ketones is 1. The van der Waals surface area contributed by atoms with Crippen molar-refractivity contribution in [3.8, 4) is 5.75 Å². The Morgan fingerprint density at radius 3 is 2.81 bits per heavy atom. The van der Waals surface area contributed by atoms with Gasteiger partial charge in [-0.25, -0.2) is 4.68 Å². The molecule has 1 aliphatic heterocycles. The average molecular weight is 442 g/mol. The van der Waals surface area contributed by atoms with E-state index in [1.165, 1.54) is 11.8 Å². The Morgan fingerprint density at radius 2 is 2.10 bits per heavy atom. The molecule has 0 N–H and O–H groups in total. The third kappa shape index (κ3) is 4.99. The first-order chi connectivity index (χ1) is 15.0. The maximum Gasteiger partial charge on any atom is 0.210 e. The number of benzene rings is 1. The maximum atomic E-state index is 12.9. The van der Waals surface area contributed by atoms with Crippen molar-refractivity contribution in [1.82, 2.24) is 24.8 Å². The molecule has 0 bridgehead atoms. The van der Waals surface area contributed by atoms with Crippen LogP contribution in [0.1, 0.15) is 40.2 Å². The van der Waals surface area contributed by atoms with Gasteiger partial charge in [-0.1, -0.05) is 23.9 Å². The first-order valence-electron chi connectivity index (χ1n) is 10.4. The summed E-state index contributed by atoms with van der Waals surface area (Å²) in [6.07, 6.45) is 2.43. The van der Waals surface area contributed by atoms with Crippen molar-refractivity contribution >= 4 is 17.5 Å².